The van der Waals surface area contributed by atoms with Crippen molar-refractivity contribution in [2.45, 2.75) is 18.1 Å². The first-order valence-corrected chi connectivity index (χ1v) is 3.95. The first-order chi connectivity index (χ1) is 6.39. The van der Waals surface area contributed by atoms with E-state index in [2.05, 4.69) is 5.92 Å². The summed E-state index contributed by atoms with van der Waals surface area (Å²) >= 11 is 0. The van der Waals surface area contributed by atoms with Crippen LogP contribution >= 0.6 is 0 Å². The molecule has 6 heteroatoms. The second kappa shape index (κ2) is 3.20. The summed E-state index contributed by atoms with van der Waals surface area (Å²) in [5, 5.41) is 9.65. The standard InChI is InChI=1S/C8H11N3O3/c1-2-8(14)3-5(6(9)12)11(4-8)7(10)13/h1,5,14H,3-4H2,(H2,9,12)(H2,10,13)/t5-,8-/m1/s1. The number of carbonyl (C=O) groups excluding carboxylic acids is 2. The van der Waals surface area contributed by atoms with Gasteiger partial charge in [-0.25, -0.2) is 4.79 Å². The number of nitrogens with two attached hydrogens (primary N) is 2. The Hall–Kier alpha value is -1.74. The number of carbonyl (C=O) groups is 2. The fourth-order valence-corrected chi connectivity index (χ4v) is 1.48. The van der Waals surface area contributed by atoms with E-state index in [1.165, 1.54) is 0 Å². The molecule has 6 nitrogen and oxygen atoms in total. The molecule has 2 atom stereocenters. The van der Waals surface area contributed by atoms with Gasteiger partial charge >= 0.3 is 6.03 Å². The molecule has 1 heterocycles. The molecule has 3 amide bonds. The van der Waals surface area contributed by atoms with Crippen LogP contribution in [0.15, 0.2) is 0 Å². The smallest absolute Gasteiger partial charge is 0.315 e. The lowest BCUT2D eigenvalue weighted by atomic mass is 10.0. The number of nitrogens with zero attached hydrogens (tertiary/aromatic N) is 1. The number of likely N-dealkylation sites (tertiary alicyclic amines) is 1. The number of β-amino-alcohol motifs (C(OH)–C–C–N with tert-alkyl or cyclic N) is 1. The van der Waals surface area contributed by atoms with Crippen molar-refractivity contribution in [3.63, 3.8) is 0 Å². The molecule has 76 valence electrons. The van der Waals surface area contributed by atoms with Crippen molar-refractivity contribution >= 4 is 11.9 Å². The molecule has 0 radical (unpaired) electrons. The highest BCUT2D eigenvalue weighted by Gasteiger charge is 2.45. The minimum Gasteiger partial charge on any atom is -0.376 e. The molecule has 1 rings (SSSR count). The van der Waals surface area contributed by atoms with Crippen molar-refractivity contribution in [2.24, 2.45) is 11.5 Å². The van der Waals surface area contributed by atoms with Crippen LogP contribution in [0.5, 0.6) is 0 Å². The van der Waals surface area contributed by atoms with Gasteiger partial charge in [0.1, 0.15) is 11.6 Å². The van der Waals surface area contributed by atoms with Crippen molar-refractivity contribution in [2.75, 3.05) is 6.54 Å². The van der Waals surface area contributed by atoms with Gasteiger partial charge in [0, 0.05) is 6.42 Å². The molecule has 0 bridgehead atoms. The number of hydrogen-bond donors (Lipinski definition) is 3. The zero-order valence-corrected chi connectivity index (χ0v) is 7.43. The van der Waals surface area contributed by atoms with Gasteiger partial charge in [-0.3, -0.25) is 4.79 Å². The molecule has 1 fully saturated rings. The van der Waals surface area contributed by atoms with Crippen molar-refractivity contribution in [1.82, 2.24) is 4.90 Å². The number of rotatable bonds is 1. The highest BCUT2D eigenvalue weighted by molar-refractivity contribution is 5.86. The van der Waals surface area contributed by atoms with E-state index in [0.29, 0.717) is 0 Å². The van der Waals surface area contributed by atoms with Crippen LogP contribution in [0.25, 0.3) is 0 Å². The molecule has 1 aliphatic rings. The third-order valence-corrected chi connectivity index (χ3v) is 2.22. The molecule has 14 heavy (non-hydrogen) atoms. The van der Waals surface area contributed by atoms with Gasteiger partial charge in [-0.1, -0.05) is 5.92 Å². The Morgan fingerprint density at radius 3 is 2.43 bits per heavy atom. The lowest BCUT2D eigenvalue weighted by molar-refractivity contribution is -0.121. The first kappa shape index (κ1) is 10.3. The van der Waals surface area contributed by atoms with Crippen molar-refractivity contribution in [1.29, 1.82) is 0 Å². The third kappa shape index (κ3) is 1.63. The van der Waals surface area contributed by atoms with Crippen LogP contribution in [0, 0.1) is 12.3 Å². The molecule has 1 saturated heterocycles. The molecule has 0 aliphatic carbocycles. The molecule has 0 saturated carbocycles. The number of aliphatic hydroxyl groups is 1. The Balaban J connectivity index is 2.92. The quantitative estimate of drug-likeness (QED) is 0.422. The number of hydrogen-bond acceptors (Lipinski definition) is 3. The summed E-state index contributed by atoms with van der Waals surface area (Å²) in [5.74, 6) is 1.38. The zero-order valence-electron chi connectivity index (χ0n) is 7.43. The normalized spacial score (nSPS) is 31.1. The number of amides is 3. The maximum absolute atomic E-state index is 10.9. The number of primary amides is 2. The average Bonchev–Trinajstić information content (AvgIpc) is 2.45. The van der Waals surface area contributed by atoms with E-state index in [1.54, 1.807) is 0 Å². The SMILES string of the molecule is C#C[C@@]1(O)C[C@H](C(N)=O)N(C(N)=O)C1. The largest absolute Gasteiger partial charge is 0.376 e. The van der Waals surface area contributed by atoms with Gasteiger partial charge in [0.25, 0.3) is 0 Å². The lowest BCUT2D eigenvalue weighted by Gasteiger charge is -2.18. The predicted octanol–water partition coefficient (Wildman–Crippen LogP) is -2.01. The van der Waals surface area contributed by atoms with Gasteiger partial charge in [0.05, 0.1) is 6.54 Å². The van der Waals surface area contributed by atoms with E-state index in [4.69, 9.17) is 17.9 Å². The molecule has 0 aromatic rings. The van der Waals surface area contributed by atoms with E-state index in [9.17, 15) is 14.7 Å². The van der Waals surface area contributed by atoms with E-state index >= 15 is 0 Å². The summed E-state index contributed by atoms with van der Waals surface area (Å²) in [4.78, 5) is 22.8. The predicted molar refractivity (Wildman–Crippen MR) is 47.7 cm³/mol. The zero-order chi connectivity index (χ0) is 10.9. The first-order valence-electron chi connectivity index (χ1n) is 3.95. The van der Waals surface area contributed by atoms with Crippen LogP contribution in [0.4, 0.5) is 4.79 Å². The van der Waals surface area contributed by atoms with Crippen LogP contribution in [-0.2, 0) is 4.79 Å². The van der Waals surface area contributed by atoms with Crippen LogP contribution in [-0.4, -0.2) is 40.1 Å². The van der Waals surface area contributed by atoms with Gasteiger partial charge in [0.2, 0.25) is 5.91 Å². The topological polar surface area (TPSA) is 110 Å². The van der Waals surface area contributed by atoms with E-state index in [0.717, 1.165) is 4.90 Å². The van der Waals surface area contributed by atoms with Gasteiger partial charge in [0.15, 0.2) is 0 Å². The monoisotopic (exact) mass is 197 g/mol. The molecule has 0 unspecified atom stereocenters. The fraction of sp³-hybridized carbons (Fsp3) is 0.500. The van der Waals surface area contributed by atoms with Gasteiger partial charge in [-0.05, 0) is 0 Å². The summed E-state index contributed by atoms with van der Waals surface area (Å²) < 4.78 is 0. The van der Waals surface area contributed by atoms with Crippen molar-refractivity contribution in [3.8, 4) is 12.3 Å². The maximum Gasteiger partial charge on any atom is 0.315 e. The number of urea groups is 1. The Morgan fingerprint density at radius 1 is 1.57 bits per heavy atom. The molecule has 0 aromatic carbocycles. The second-order valence-corrected chi connectivity index (χ2v) is 3.26. The highest BCUT2D eigenvalue weighted by Crippen LogP contribution is 2.25. The number of terminal acetylenes is 1. The summed E-state index contributed by atoms with van der Waals surface area (Å²) in [6.45, 7) is -0.160. The Labute approximate surface area is 80.8 Å². The fourth-order valence-electron chi connectivity index (χ4n) is 1.48. The van der Waals surface area contributed by atoms with Crippen molar-refractivity contribution < 1.29 is 14.7 Å². The Morgan fingerprint density at radius 2 is 2.14 bits per heavy atom. The van der Waals surface area contributed by atoms with Crippen LogP contribution < -0.4 is 11.5 Å². The summed E-state index contributed by atoms with van der Waals surface area (Å²) in [7, 11) is 0. The van der Waals surface area contributed by atoms with E-state index in [-0.39, 0.29) is 13.0 Å². The van der Waals surface area contributed by atoms with Gasteiger partial charge in [-0.2, -0.15) is 0 Å². The molecule has 0 spiro atoms. The summed E-state index contributed by atoms with van der Waals surface area (Å²) in [5.41, 5.74) is 8.53. The molecular weight excluding hydrogens is 186 g/mol. The minimum atomic E-state index is -1.51. The van der Waals surface area contributed by atoms with Crippen LogP contribution in [0.2, 0.25) is 0 Å². The molecule has 5 N–H and O–H groups in total. The van der Waals surface area contributed by atoms with Crippen LogP contribution in [0.3, 0.4) is 0 Å². The molecule has 1 aliphatic heterocycles. The average molecular weight is 197 g/mol. The summed E-state index contributed by atoms with van der Waals surface area (Å²) in [6.07, 6.45) is 4.99. The lowest BCUT2D eigenvalue weighted by Crippen LogP contribution is -2.46. The highest BCUT2D eigenvalue weighted by atomic mass is 16.3. The minimum absolute atomic E-state index is 0.0677. The Kier molecular flexibility index (Phi) is 2.36. The van der Waals surface area contributed by atoms with Gasteiger partial charge < -0.3 is 21.5 Å². The third-order valence-electron chi connectivity index (χ3n) is 2.22. The van der Waals surface area contributed by atoms with Crippen LogP contribution in [0.1, 0.15) is 6.42 Å². The van der Waals surface area contributed by atoms with Gasteiger partial charge in [-0.15, -0.1) is 6.42 Å². The van der Waals surface area contributed by atoms with E-state index < -0.39 is 23.6 Å². The van der Waals surface area contributed by atoms with Crippen molar-refractivity contribution in [3.05, 3.63) is 0 Å². The Bertz CT molecular complexity index is 298. The second-order valence-electron chi connectivity index (χ2n) is 3.26. The van der Waals surface area contributed by atoms with E-state index in [1.807, 2.05) is 0 Å². The summed E-state index contributed by atoms with van der Waals surface area (Å²) in [6, 6.07) is -1.74. The molecular formula is C8H11N3O3. The maximum atomic E-state index is 10.9. The molecule has 0 aromatic heterocycles.